The lowest BCUT2D eigenvalue weighted by molar-refractivity contribution is 0.0744. The summed E-state index contributed by atoms with van der Waals surface area (Å²) in [5.74, 6) is 6.94. The third-order valence-corrected chi connectivity index (χ3v) is 16.9. The van der Waals surface area contributed by atoms with Gasteiger partial charge in [-0.2, -0.15) is 0 Å². The van der Waals surface area contributed by atoms with Gasteiger partial charge in [0.15, 0.2) is 0 Å². The van der Waals surface area contributed by atoms with Crippen molar-refractivity contribution in [2.24, 2.45) is 0 Å². The van der Waals surface area contributed by atoms with Crippen molar-refractivity contribution >= 4 is 0 Å². The Hall–Kier alpha value is -8.00. The Morgan fingerprint density at radius 3 is 0.518 bits per heavy atom. The smallest absolute Gasteiger partial charge is 0.126 e. The molecule has 4 aliphatic heterocycles. The van der Waals surface area contributed by atoms with Crippen LogP contribution in [0.2, 0.25) is 0 Å². The van der Waals surface area contributed by atoms with Gasteiger partial charge in [0, 0.05) is 51.4 Å². The first-order valence-electron chi connectivity index (χ1n) is 30.4. The second-order valence-corrected chi connectivity index (χ2v) is 22.7. The highest BCUT2D eigenvalue weighted by Crippen LogP contribution is 2.43. The Kier molecular flexibility index (Phi) is 16.6. The zero-order chi connectivity index (χ0) is 56.7. The van der Waals surface area contributed by atoms with Gasteiger partial charge in [0.1, 0.15) is 98.9 Å². The Morgan fingerprint density at radius 1 is 0.188 bits per heavy atom. The quantitative estimate of drug-likeness (QED) is 0.164. The molecule has 0 atom stereocenters. The lowest BCUT2D eigenvalue weighted by Crippen LogP contribution is -2.17. The van der Waals surface area contributed by atoms with Gasteiger partial charge >= 0.3 is 0 Å². The van der Waals surface area contributed by atoms with E-state index < -0.39 is 0 Å². The summed E-state index contributed by atoms with van der Waals surface area (Å²) in [6, 6.07) is 48.6. The first-order valence-corrected chi connectivity index (χ1v) is 30.4. The van der Waals surface area contributed by atoms with Gasteiger partial charge in [-0.15, -0.1) is 0 Å². The van der Waals surface area contributed by atoms with E-state index in [0.717, 1.165) is 146 Å². The monoisotopic (exact) mass is 1140 g/mol. The molecule has 12 heteroatoms. The number of para-hydroxylation sites is 6. The minimum atomic E-state index is 0.386. The van der Waals surface area contributed by atoms with Crippen LogP contribution < -0.4 is 37.9 Å². The Morgan fingerprint density at radius 2 is 0.341 bits per heavy atom. The molecule has 85 heavy (non-hydrogen) atoms. The van der Waals surface area contributed by atoms with Crippen LogP contribution in [0.5, 0.6) is 46.0 Å². The average molecular weight is 1140 g/mol. The van der Waals surface area contributed by atoms with Crippen LogP contribution in [-0.4, -0.2) is 106 Å². The molecule has 2 aliphatic carbocycles. The molecule has 0 unspecified atom stereocenters. The Labute approximate surface area is 497 Å². The predicted molar refractivity (Wildman–Crippen MR) is 324 cm³/mol. The fourth-order valence-electron chi connectivity index (χ4n) is 13.3. The van der Waals surface area contributed by atoms with Gasteiger partial charge in [-0.05, 0) is 107 Å². The summed E-state index contributed by atoms with van der Waals surface area (Å²) in [7, 11) is 0. The normalized spacial score (nSPS) is 17.1. The maximum Gasteiger partial charge on any atom is 0.126 e. The molecule has 14 rings (SSSR count). The molecule has 12 nitrogen and oxygen atoms in total. The minimum absolute atomic E-state index is 0.386. The van der Waals surface area contributed by atoms with Gasteiger partial charge in [-0.25, -0.2) is 0 Å². The molecule has 0 radical (unpaired) electrons. The van der Waals surface area contributed by atoms with Crippen molar-refractivity contribution < 1.29 is 56.8 Å². The van der Waals surface area contributed by atoms with Crippen molar-refractivity contribution in [3.8, 4) is 46.0 Å². The summed E-state index contributed by atoms with van der Waals surface area (Å²) < 4.78 is 79.5. The van der Waals surface area contributed by atoms with Crippen LogP contribution in [0, 0.1) is 0 Å². The number of ether oxygens (including phenoxy) is 12. The van der Waals surface area contributed by atoms with Crippen LogP contribution >= 0.6 is 0 Å². The number of benzene rings is 8. The number of rotatable bonds is 2. The molecule has 8 aromatic rings. The third kappa shape index (κ3) is 12.3. The third-order valence-electron chi connectivity index (χ3n) is 16.9. The fraction of sp³-hybridized carbons (Fsp3) is 0.342. The van der Waals surface area contributed by atoms with E-state index in [9.17, 15) is 0 Å². The van der Waals surface area contributed by atoms with E-state index >= 15 is 0 Å². The van der Waals surface area contributed by atoms with E-state index in [4.69, 9.17) is 56.8 Å². The molecule has 0 amide bonds. The van der Waals surface area contributed by atoms with Crippen LogP contribution in [0.4, 0.5) is 0 Å². The lowest BCUT2D eigenvalue weighted by atomic mass is 9.88. The molecule has 8 aromatic carbocycles. The molecule has 4 heterocycles. The van der Waals surface area contributed by atoms with E-state index in [1.807, 2.05) is 0 Å². The van der Waals surface area contributed by atoms with Gasteiger partial charge in [0.2, 0.25) is 0 Å². The standard InChI is InChI=1S/C73H72O12/c1-7-50-40-54-11-3-15-58-44-62-36-48(38-64-46-60-17-5-13-56(70(60)82-31-23-76-25-33-84-72(62)64)42-52(9-1)66(50)78-27-19-74-21-29-80-68(54)58)35-49-37-63-45-59-16-4-12-55-41-51-8-2-10-53(67(51)79-28-20-75-22-30-81-69(55)59)43-57-14-6-18-61-47-65(39-49)73(63)85-34-26-77-24-32-83-71(57)61/h1-18,36-39H,19-35,40-47H2. The molecule has 0 fully saturated rings. The average Bonchev–Trinajstić information content (AvgIpc) is 2.41. The first-order chi connectivity index (χ1) is 42.1. The van der Waals surface area contributed by atoms with E-state index in [1.54, 1.807) is 0 Å². The van der Waals surface area contributed by atoms with Gasteiger partial charge in [0.25, 0.3) is 0 Å². The van der Waals surface area contributed by atoms with Crippen molar-refractivity contribution in [1.29, 1.82) is 0 Å². The minimum Gasteiger partial charge on any atom is -0.491 e. The maximum absolute atomic E-state index is 7.02. The zero-order valence-electron chi connectivity index (χ0n) is 48.3. The number of hydrogen-bond acceptors (Lipinski definition) is 12. The fourth-order valence-corrected chi connectivity index (χ4v) is 13.3. The molecule has 24 bridgehead atoms. The highest BCUT2D eigenvalue weighted by Gasteiger charge is 2.27. The van der Waals surface area contributed by atoms with Crippen LogP contribution in [0.25, 0.3) is 0 Å². The van der Waals surface area contributed by atoms with Gasteiger partial charge < -0.3 is 56.8 Å². The van der Waals surface area contributed by atoms with Gasteiger partial charge in [-0.3, -0.25) is 0 Å². The maximum atomic E-state index is 7.02. The Bertz CT molecular complexity index is 3470. The summed E-state index contributed by atoms with van der Waals surface area (Å²) in [4.78, 5) is 0. The van der Waals surface area contributed by atoms with E-state index in [0.29, 0.717) is 163 Å². The summed E-state index contributed by atoms with van der Waals surface area (Å²) in [6.07, 6.45) is 5.37. The number of hydrogen-bond donors (Lipinski definition) is 0. The van der Waals surface area contributed by atoms with Crippen molar-refractivity contribution in [1.82, 2.24) is 0 Å². The summed E-state index contributed by atoms with van der Waals surface area (Å²) in [5, 5.41) is 0. The van der Waals surface area contributed by atoms with Crippen LogP contribution in [0.3, 0.4) is 0 Å². The molecular formula is C73H72O12. The highest BCUT2D eigenvalue weighted by molar-refractivity contribution is 5.60. The molecule has 0 spiro atoms. The molecule has 6 aliphatic rings. The summed E-state index contributed by atoms with van der Waals surface area (Å²) >= 11 is 0. The predicted octanol–water partition coefficient (Wildman–Crippen LogP) is 11.8. The zero-order valence-corrected chi connectivity index (χ0v) is 48.3. The van der Waals surface area contributed by atoms with E-state index in [-0.39, 0.29) is 0 Å². The lowest BCUT2D eigenvalue weighted by Gasteiger charge is -2.25. The van der Waals surface area contributed by atoms with E-state index in [1.165, 1.54) is 0 Å². The van der Waals surface area contributed by atoms with Crippen molar-refractivity contribution in [2.75, 3.05) is 106 Å². The van der Waals surface area contributed by atoms with Crippen molar-refractivity contribution in [3.63, 3.8) is 0 Å². The second kappa shape index (κ2) is 25.7. The molecule has 0 N–H and O–H groups in total. The van der Waals surface area contributed by atoms with Crippen LogP contribution in [0.1, 0.15) is 100 Å². The molecule has 0 saturated carbocycles. The molecular weight excluding hydrogens is 1070 g/mol. The SMILES string of the molecule is c1cc2c3c(c1)Cc1cccc4c1OCCOCCOc1c(cc(Cc5cc6c7c(c5)Cc5cccc(c5OCCOCCO7)Cc5cccc7c5OCCOCCOc5c(cccc5C6)C7)cc1C4)Cc1cccc(c1OCCOCCO3)C2. The summed E-state index contributed by atoms with van der Waals surface area (Å²) in [6.45, 7) is 6.77. The van der Waals surface area contributed by atoms with Crippen LogP contribution in [0.15, 0.2) is 133 Å². The largest absolute Gasteiger partial charge is 0.491 e. The van der Waals surface area contributed by atoms with E-state index in [2.05, 4.69) is 133 Å². The first kappa shape index (κ1) is 54.9. The molecule has 0 saturated heterocycles. The van der Waals surface area contributed by atoms with Crippen LogP contribution in [-0.2, 0) is 76.7 Å². The van der Waals surface area contributed by atoms with Crippen molar-refractivity contribution in [3.05, 3.63) is 234 Å². The molecule has 0 aromatic heterocycles. The Balaban J connectivity index is 0.950. The van der Waals surface area contributed by atoms with Crippen molar-refractivity contribution in [2.45, 2.75) is 57.8 Å². The summed E-state index contributed by atoms with van der Waals surface area (Å²) in [5.41, 5.74) is 19.6. The second-order valence-electron chi connectivity index (χ2n) is 22.7. The molecule has 436 valence electrons. The van der Waals surface area contributed by atoms with Gasteiger partial charge in [0.05, 0.1) is 52.9 Å². The topological polar surface area (TPSA) is 111 Å². The van der Waals surface area contributed by atoms with Gasteiger partial charge in [-0.1, -0.05) is 133 Å². The highest BCUT2D eigenvalue weighted by atomic mass is 16.6.